The van der Waals surface area contributed by atoms with Crippen molar-refractivity contribution in [1.29, 1.82) is 0 Å². The third-order valence-corrected chi connectivity index (χ3v) is 1.78. The van der Waals surface area contributed by atoms with Gasteiger partial charge in [-0.3, -0.25) is 4.79 Å². The molecule has 0 bridgehead atoms. The Morgan fingerprint density at radius 1 is 1.36 bits per heavy atom. The van der Waals surface area contributed by atoms with Gasteiger partial charge >= 0.3 is 0 Å². The molecule has 0 radical (unpaired) electrons. The molecule has 0 aromatic carbocycles. The predicted molar refractivity (Wildman–Crippen MR) is 52.3 cm³/mol. The molecule has 1 N–H and O–H groups in total. The number of H-pyrrole nitrogens is 1. The fourth-order valence-electron chi connectivity index (χ4n) is 1.07. The number of hydrogen-bond donors (Lipinski definition) is 1. The van der Waals surface area contributed by atoms with E-state index >= 15 is 0 Å². The number of fused-ring (bicyclic) bond motifs is 1. The fraction of sp³-hybridized carbons (Fsp3) is 0.250. The number of hydrogen-bond acceptors (Lipinski definition) is 5. The van der Waals surface area contributed by atoms with Crippen molar-refractivity contribution in [2.24, 2.45) is 0 Å². The van der Waals surface area contributed by atoms with Gasteiger partial charge in [0.05, 0.1) is 6.33 Å². The molecule has 2 aromatic heterocycles. The van der Waals surface area contributed by atoms with E-state index in [4.69, 9.17) is 0 Å². The minimum Gasteiger partial charge on any atom is -0.347 e. The van der Waals surface area contributed by atoms with Gasteiger partial charge in [0.1, 0.15) is 5.39 Å². The Hall–Kier alpha value is -1.98. The summed E-state index contributed by atoms with van der Waals surface area (Å²) in [5.74, 6) is 0.538. The van der Waals surface area contributed by atoms with Crippen LogP contribution in [0.15, 0.2) is 17.3 Å². The third-order valence-electron chi connectivity index (χ3n) is 1.78. The Morgan fingerprint density at radius 2 is 2.14 bits per heavy atom. The SMILES string of the molecule is CN(C)c1ncc2c(=O)[nH]cnc2n1. The zero-order valence-corrected chi connectivity index (χ0v) is 7.85. The first-order chi connectivity index (χ1) is 6.68. The van der Waals surface area contributed by atoms with Crippen LogP contribution in [0.25, 0.3) is 11.0 Å². The Bertz CT molecular complexity index is 518. The van der Waals surface area contributed by atoms with Crippen LogP contribution in [0.1, 0.15) is 0 Å². The summed E-state index contributed by atoms with van der Waals surface area (Å²) in [5.41, 5.74) is 0.188. The molecule has 0 spiro atoms. The minimum atomic E-state index is -0.222. The molecule has 72 valence electrons. The standard InChI is InChI=1S/C8H9N5O/c1-13(2)8-9-3-5-6(12-8)10-4-11-7(5)14/h3-4H,1-2H3,(H,9,10,11,12,14). The van der Waals surface area contributed by atoms with Gasteiger partial charge in [-0.2, -0.15) is 4.98 Å². The second-order valence-corrected chi connectivity index (χ2v) is 3.03. The molecular formula is C8H9N5O. The number of anilines is 1. The molecule has 2 aromatic rings. The van der Waals surface area contributed by atoms with Crippen LogP contribution in [0.2, 0.25) is 0 Å². The number of nitrogens with one attached hydrogen (secondary N) is 1. The van der Waals surface area contributed by atoms with Crippen molar-refractivity contribution in [2.75, 3.05) is 19.0 Å². The van der Waals surface area contributed by atoms with Crippen molar-refractivity contribution in [3.63, 3.8) is 0 Å². The van der Waals surface area contributed by atoms with Crippen molar-refractivity contribution in [3.8, 4) is 0 Å². The minimum absolute atomic E-state index is 0.222. The van der Waals surface area contributed by atoms with Gasteiger partial charge in [0.25, 0.3) is 5.56 Å². The maximum absolute atomic E-state index is 11.3. The second-order valence-electron chi connectivity index (χ2n) is 3.03. The smallest absolute Gasteiger partial charge is 0.261 e. The molecule has 2 rings (SSSR count). The molecule has 0 saturated carbocycles. The highest BCUT2D eigenvalue weighted by molar-refractivity contribution is 5.72. The van der Waals surface area contributed by atoms with E-state index in [0.717, 1.165) is 0 Å². The van der Waals surface area contributed by atoms with E-state index < -0.39 is 0 Å². The van der Waals surface area contributed by atoms with Gasteiger partial charge in [0, 0.05) is 20.3 Å². The highest BCUT2D eigenvalue weighted by Crippen LogP contribution is 2.06. The molecule has 2 heterocycles. The van der Waals surface area contributed by atoms with Crippen LogP contribution >= 0.6 is 0 Å². The molecular weight excluding hydrogens is 182 g/mol. The molecule has 0 atom stereocenters. The van der Waals surface area contributed by atoms with Crippen LogP contribution < -0.4 is 10.5 Å². The lowest BCUT2D eigenvalue weighted by atomic mass is 10.4. The van der Waals surface area contributed by atoms with E-state index in [0.29, 0.717) is 17.0 Å². The van der Waals surface area contributed by atoms with Gasteiger partial charge in [-0.05, 0) is 0 Å². The average molecular weight is 191 g/mol. The molecule has 6 heteroatoms. The van der Waals surface area contributed by atoms with Crippen LogP contribution in [0.4, 0.5) is 5.95 Å². The summed E-state index contributed by atoms with van der Waals surface area (Å²) in [7, 11) is 3.66. The monoisotopic (exact) mass is 191 g/mol. The van der Waals surface area contributed by atoms with Gasteiger partial charge in [0.15, 0.2) is 5.65 Å². The summed E-state index contributed by atoms with van der Waals surface area (Å²) in [6, 6.07) is 0. The summed E-state index contributed by atoms with van der Waals surface area (Å²) in [5, 5.41) is 0.401. The predicted octanol–water partition coefficient (Wildman–Crippen LogP) is -0.221. The fourth-order valence-corrected chi connectivity index (χ4v) is 1.07. The molecule has 0 amide bonds. The van der Waals surface area contributed by atoms with Crippen molar-refractivity contribution in [3.05, 3.63) is 22.9 Å². The van der Waals surface area contributed by atoms with Crippen LogP contribution in [-0.4, -0.2) is 34.0 Å². The summed E-state index contributed by atoms with van der Waals surface area (Å²) in [4.78, 5) is 27.6. The lowest BCUT2D eigenvalue weighted by molar-refractivity contribution is 1.00. The van der Waals surface area contributed by atoms with Gasteiger partial charge in [0.2, 0.25) is 5.95 Å². The number of aromatic nitrogens is 4. The molecule has 0 fully saturated rings. The second kappa shape index (κ2) is 3.06. The molecule has 0 aliphatic carbocycles. The number of rotatable bonds is 1. The van der Waals surface area contributed by atoms with E-state index in [2.05, 4.69) is 19.9 Å². The van der Waals surface area contributed by atoms with E-state index in [9.17, 15) is 4.79 Å². The van der Waals surface area contributed by atoms with Crippen LogP contribution in [0, 0.1) is 0 Å². The lowest BCUT2D eigenvalue weighted by Gasteiger charge is -2.08. The third kappa shape index (κ3) is 1.30. The molecule has 0 saturated heterocycles. The van der Waals surface area contributed by atoms with E-state index in [1.165, 1.54) is 12.5 Å². The quantitative estimate of drug-likeness (QED) is 0.674. The zero-order valence-electron chi connectivity index (χ0n) is 7.85. The van der Waals surface area contributed by atoms with Crippen molar-refractivity contribution < 1.29 is 0 Å². The van der Waals surface area contributed by atoms with Gasteiger partial charge < -0.3 is 9.88 Å². The average Bonchev–Trinajstić information content (AvgIpc) is 2.17. The Kier molecular flexibility index (Phi) is 1.88. The number of nitrogens with zero attached hydrogens (tertiary/aromatic N) is 4. The normalized spacial score (nSPS) is 10.4. The van der Waals surface area contributed by atoms with Gasteiger partial charge in [-0.1, -0.05) is 0 Å². The largest absolute Gasteiger partial charge is 0.347 e. The summed E-state index contributed by atoms with van der Waals surface area (Å²) in [6.07, 6.45) is 2.81. The first-order valence-corrected chi connectivity index (χ1v) is 4.06. The first kappa shape index (κ1) is 8.61. The maximum atomic E-state index is 11.3. The van der Waals surface area contributed by atoms with Gasteiger partial charge in [-0.25, -0.2) is 9.97 Å². The molecule has 0 unspecified atom stereocenters. The molecule has 6 nitrogen and oxygen atoms in total. The highest BCUT2D eigenvalue weighted by Gasteiger charge is 2.04. The maximum Gasteiger partial charge on any atom is 0.261 e. The van der Waals surface area contributed by atoms with Crippen molar-refractivity contribution in [1.82, 2.24) is 19.9 Å². The van der Waals surface area contributed by atoms with Crippen LogP contribution in [-0.2, 0) is 0 Å². The lowest BCUT2D eigenvalue weighted by Crippen LogP contribution is -2.14. The topological polar surface area (TPSA) is 74.8 Å². The molecule has 0 aliphatic heterocycles. The summed E-state index contributed by atoms with van der Waals surface area (Å²) < 4.78 is 0. The summed E-state index contributed by atoms with van der Waals surface area (Å²) >= 11 is 0. The Labute approximate surface area is 79.6 Å². The Morgan fingerprint density at radius 3 is 2.86 bits per heavy atom. The number of aromatic amines is 1. The van der Waals surface area contributed by atoms with Crippen LogP contribution in [0.5, 0.6) is 0 Å². The van der Waals surface area contributed by atoms with Crippen molar-refractivity contribution >= 4 is 17.0 Å². The molecule has 0 aliphatic rings. The van der Waals surface area contributed by atoms with Crippen LogP contribution in [0.3, 0.4) is 0 Å². The zero-order chi connectivity index (χ0) is 10.1. The molecule has 14 heavy (non-hydrogen) atoms. The van der Waals surface area contributed by atoms with E-state index in [1.54, 1.807) is 4.90 Å². The summed E-state index contributed by atoms with van der Waals surface area (Å²) in [6.45, 7) is 0. The highest BCUT2D eigenvalue weighted by atomic mass is 16.1. The van der Waals surface area contributed by atoms with E-state index in [1.807, 2.05) is 14.1 Å². The first-order valence-electron chi connectivity index (χ1n) is 4.06. The van der Waals surface area contributed by atoms with Gasteiger partial charge in [-0.15, -0.1) is 0 Å². The van der Waals surface area contributed by atoms with Crippen molar-refractivity contribution in [2.45, 2.75) is 0 Å². The van der Waals surface area contributed by atoms with E-state index in [-0.39, 0.29) is 5.56 Å². The Balaban J connectivity index is 2.74.